The van der Waals surface area contributed by atoms with Crippen molar-refractivity contribution < 1.29 is 33.6 Å². The van der Waals surface area contributed by atoms with E-state index in [1.165, 1.54) is 32.1 Å². The maximum Gasteiger partial charge on any atom is 0.453 e. The molecule has 0 aliphatic carbocycles. The molecule has 10 heteroatoms. The zero-order valence-electron chi connectivity index (χ0n) is 20.0. The molecule has 0 unspecified atom stereocenters. The summed E-state index contributed by atoms with van der Waals surface area (Å²) in [7, 11) is 0. The predicted octanol–water partition coefficient (Wildman–Crippen LogP) is 5.73. The number of hydrogen-bond donors (Lipinski definition) is 5. The first kappa shape index (κ1) is 29.2. The van der Waals surface area contributed by atoms with Crippen LogP contribution >= 0.6 is 0 Å². The molecular weight excluding hydrogens is 448 g/mol. The molecule has 0 radical (unpaired) electrons. The number of benzene rings is 1. The van der Waals surface area contributed by atoms with E-state index in [-0.39, 0.29) is 11.6 Å². The molecule has 0 saturated heterocycles. The molecule has 0 aliphatic rings. The molecule has 5 N–H and O–H groups in total. The van der Waals surface area contributed by atoms with Gasteiger partial charge < -0.3 is 30.7 Å². The van der Waals surface area contributed by atoms with Crippen molar-refractivity contribution in [1.29, 1.82) is 0 Å². The topological polar surface area (TPSA) is 124 Å². The smallest absolute Gasteiger partial charge is 0.414 e. The van der Waals surface area contributed by atoms with Crippen LogP contribution in [0.3, 0.4) is 0 Å². The van der Waals surface area contributed by atoms with E-state index in [0.717, 1.165) is 11.8 Å². The van der Waals surface area contributed by atoms with Gasteiger partial charge in [-0.3, -0.25) is 4.98 Å². The summed E-state index contributed by atoms with van der Waals surface area (Å²) in [5.74, 6) is -0.480. The Balaban J connectivity index is 0.000000718. The fourth-order valence-corrected chi connectivity index (χ4v) is 2.96. The first-order valence-electron chi connectivity index (χ1n) is 11.3. The van der Waals surface area contributed by atoms with Gasteiger partial charge in [-0.2, -0.15) is 0 Å². The van der Waals surface area contributed by atoms with Crippen molar-refractivity contribution in [3.63, 3.8) is 0 Å². The summed E-state index contributed by atoms with van der Waals surface area (Å²) in [6, 6.07) is 6.99. The van der Waals surface area contributed by atoms with E-state index in [1.807, 2.05) is 26.0 Å². The highest BCUT2D eigenvalue weighted by Crippen LogP contribution is 2.30. The van der Waals surface area contributed by atoms with Crippen molar-refractivity contribution in [3.05, 3.63) is 47.8 Å². The highest BCUT2D eigenvalue weighted by atomic mass is 19.3. The van der Waals surface area contributed by atoms with E-state index in [4.69, 9.17) is 15.3 Å². The maximum absolute atomic E-state index is 12.8. The van der Waals surface area contributed by atoms with E-state index < -0.39 is 30.1 Å². The van der Waals surface area contributed by atoms with Crippen LogP contribution in [0.1, 0.15) is 83.4 Å². The molecule has 34 heavy (non-hydrogen) atoms. The Morgan fingerprint density at radius 2 is 1.62 bits per heavy atom. The highest BCUT2D eigenvalue weighted by molar-refractivity contribution is 6.01. The minimum absolute atomic E-state index is 0.131. The number of pyridine rings is 1. The third kappa shape index (κ3) is 10.9. The number of anilines is 2. The van der Waals surface area contributed by atoms with Gasteiger partial charge in [0.1, 0.15) is 11.4 Å². The monoisotopic (exact) mass is 483 g/mol. The Morgan fingerprint density at radius 3 is 2.15 bits per heavy atom. The molecule has 1 aromatic heterocycles. The van der Waals surface area contributed by atoms with Crippen LogP contribution in [0.5, 0.6) is 5.75 Å². The quantitative estimate of drug-likeness (QED) is 0.217. The lowest BCUT2D eigenvalue weighted by Crippen LogP contribution is -2.35. The van der Waals surface area contributed by atoms with Crippen molar-refractivity contribution in [2.75, 3.05) is 10.6 Å². The van der Waals surface area contributed by atoms with Gasteiger partial charge in [0.25, 0.3) is 6.43 Å². The fourth-order valence-electron chi connectivity index (χ4n) is 2.96. The molecular formula is C24H35F2N3O5. The molecule has 2 amide bonds. The van der Waals surface area contributed by atoms with E-state index >= 15 is 0 Å². The van der Waals surface area contributed by atoms with Gasteiger partial charge in [-0.05, 0) is 17.5 Å². The highest BCUT2D eigenvalue weighted by Gasteiger charge is 2.25. The van der Waals surface area contributed by atoms with Crippen LogP contribution in [0.4, 0.5) is 25.0 Å². The van der Waals surface area contributed by atoms with Crippen LogP contribution < -0.4 is 15.4 Å². The predicted molar refractivity (Wildman–Crippen MR) is 127 cm³/mol. The molecule has 2 aromatic rings. The maximum atomic E-state index is 12.8. The van der Waals surface area contributed by atoms with Crippen molar-refractivity contribution in [3.8, 4) is 5.75 Å². The standard InChI is InChI=1S/C17H19F2N3O5.C7H16/c1-9(2)10-5-3-4-6-11(10)21-16(23)22-13-8-20-12(15(18)19)7-14(13)27-17(24,25)26;1-3-5-7-6-4-2/h3-9,15,24-26H,1-2H3,(H2,21,22,23);3-7H2,1-2H3. The summed E-state index contributed by atoms with van der Waals surface area (Å²) in [6.07, 6.45) is 1.25. The van der Waals surface area contributed by atoms with Crippen molar-refractivity contribution in [1.82, 2.24) is 4.98 Å². The van der Waals surface area contributed by atoms with Crippen LogP contribution in [-0.4, -0.2) is 32.5 Å². The molecule has 0 saturated carbocycles. The average molecular weight is 484 g/mol. The molecule has 0 spiro atoms. The number of hydrogen-bond acceptors (Lipinski definition) is 6. The minimum Gasteiger partial charge on any atom is -0.414 e. The van der Waals surface area contributed by atoms with E-state index in [0.29, 0.717) is 11.8 Å². The zero-order chi connectivity index (χ0) is 25.7. The number of rotatable bonds is 10. The van der Waals surface area contributed by atoms with Crippen LogP contribution in [0.15, 0.2) is 36.5 Å². The number of unbranched alkanes of at least 4 members (excludes halogenated alkanes) is 4. The van der Waals surface area contributed by atoms with Gasteiger partial charge in [-0.1, -0.05) is 78.0 Å². The van der Waals surface area contributed by atoms with E-state index in [1.54, 1.807) is 12.1 Å². The van der Waals surface area contributed by atoms with Crippen molar-refractivity contribution in [2.45, 2.75) is 78.3 Å². The second kappa shape index (κ2) is 14.4. The molecule has 2 rings (SSSR count). The number of halogens is 2. The largest absolute Gasteiger partial charge is 0.453 e. The molecule has 0 fully saturated rings. The summed E-state index contributed by atoms with van der Waals surface area (Å²) in [5.41, 5.74) is 0.395. The lowest BCUT2D eigenvalue weighted by molar-refractivity contribution is -0.419. The molecule has 0 aliphatic heterocycles. The number of nitrogens with one attached hydrogen (secondary N) is 2. The Bertz CT molecular complexity index is 885. The average Bonchev–Trinajstić information content (AvgIpc) is 2.75. The van der Waals surface area contributed by atoms with Crippen LogP contribution in [0.25, 0.3) is 0 Å². The normalized spacial score (nSPS) is 11.1. The number of para-hydroxylation sites is 1. The van der Waals surface area contributed by atoms with E-state index in [2.05, 4.69) is 34.2 Å². The summed E-state index contributed by atoms with van der Waals surface area (Å²) >= 11 is 0. The number of aromatic nitrogens is 1. The summed E-state index contributed by atoms with van der Waals surface area (Å²) in [5, 5.41) is 31.7. The number of nitrogens with zero attached hydrogens (tertiary/aromatic N) is 1. The van der Waals surface area contributed by atoms with Gasteiger partial charge in [0, 0.05) is 11.8 Å². The number of aliphatic hydroxyl groups is 3. The van der Waals surface area contributed by atoms with E-state index in [9.17, 15) is 13.6 Å². The third-order valence-corrected chi connectivity index (χ3v) is 4.64. The Morgan fingerprint density at radius 1 is 1.03 bits per heavy atom. The Kier molecular flexibility index (Phi) is 12.4. The zero-order valence-corrected chi connectivity index (χ0v) is 20.0. The Labute approximate surface area is 199 Å². The number of carbonyl (C=O) groups is 1. The second-order valence-electron chi connectivity index (χ2n) is 7.96. The first-order valence-corrected chi connectivity index (χ1v) is 11.3. The number of carbonyl (C=O) groups excluding carboxylic acids is 1. The lowest BCUT2D eigenvalue weighted by atomic mass is 10.0. The molecule has 1 aromatic carbocycles. The SMILES string of the molecule is CC(C)c1ccccc1NC(=O)Nc1cnc(C(F)F)cc1OC(O)(O)O.CCCCCCC. The van der Waals surface area contributed by atoms with Gasteiger partial charge in [0.2, 0.25) is 0 Å². The van der Waals surface area contributed by atoms with Crippen molar-refractivity contribution >= 4 is 17.4 Å². The van der Waals surface area contributed by atoms with Gasteiger partial charge in [0.05, 0.1) is 6.20 Å². The van der Waals surface area contributed by atoms with Crippen LogP contribution in [-0.2, 0) is 0 Å². The third-order valence-electron chi connectivity index (χ3n) is 4.64. The molecule has 1 heterocycles. The lowest BCUT2D eigenvalue weighted by Gasteiger charge is -2.19. The number of amides is 2. The van der Waals surface area contributed by atoms with Crippen LogP contribution in [0.2, 0.25) is 0 Å². The fraction of sp³-hybridized carbons (Fsp3) is 0.500. The second-order valence-corrected chi connectivity index (χ2v) is 7.96. The molecule has 190 valence electrons. The summed E-state index contributed by atoms with van der Waals surface area (Å²) in [6.45, 7) is 8.38. The Hall–Kier alpha value is -2.82. The summed E-state index contributed by atoms with van der Waals surface area (Å²) < 4.78 is 29.9. The number of ether oxygens (including phenoxy) is 1. The van der Waals surface area contributed by atoms with Gasteiger partial charge in [0.15, 0.2) is 5.75 Å². The van der Waals surface area contributed by atoms with Gasteiger partial charge in [-0.25, -0.2) is 13.6 Å². The first-order chi connectivity index (χ1) is 16.0. The molecule has 0 bridgehead atoms. The number of urea groups is 1. The van der Waals surface area contributed by atoms with Crippen molar-refractivity contribution in [2.24, 2.45) is 0 Å². The molecule has 8 nitrogen and oxygen atoms in total. The van der Waals surface area contributed by atoms with Crippen LogP contribution in [0, 0.1) is 0 Å². The number of alkyl halides is 2. The molecule has 0 atom stereocenters. The van der Waals surface area contributed by atoms with Gasteiger partial charge >= 0.3 is 12.2 Å². The summed E-state index contributed by atoms with van der Waals surface area (Å²) in [4.78, 5) is 15.7. The van der Waals surface area contributed by atoms with Gasteiger partial charge in [-0.15, -0.1) is 0 Å². The minimum atomic E-state index is -3.63.